The largest absolute Gasteiger partial charge is 0.458 e. The molecule has 1 N–H and O–H groups in total. The Morgan fingerprint density at radius 3 is 2.38 bits per heavy atom. The quantitative estimate of drug-likeness (QED) is 0.556. The summed E-state index contributed by atoms with van der Waals surface area (Å²) >= 11 is 3.44. The maximum absolute atomic E-state index is 10.5. The van der Waals surface area contributed by atoms with E-state index in [9.17, 15) is 5.11 Å². The fourth-order valence-electron chi connectivity index (χ4n) is 2.46. The zero-order valence-corrected chi connectivity index (χ0v) is 12.5. The van der Waals surface area contributed by atoms with Gasteiger partial charge in [-0.25, -0.2) is 0 Å². The van der Waals surface area contributed by atoms with Crippen molar-refractivity contribution in [1.82, 2.24) is 0 Å². The molecule has 0 amide bonds. The van der Waals surface area contributed by atoms with E-state index in [1.165, 1.54) is 0 Å². The molecule has 2 aromatic heterocycles. The molecule has 4 rings (SSSR count). The summed E-state index contributed by atoms with van der Waals surface area (Å²) in [6.45, 7) is 0. The van der Waals surface area contributed by atoms with Gasteiger partial charge in [-0.15, -0.1) is 0 Å². The highest BCUT2D eigenvalue weighted by Gasteiger charge is 2.20. The highest BCUT2D eigenvalue weighted by molar-refractivity contribution is 9.10. The Bertz CT molecular complexity index is 902. The number of hydrogen-bond donors (Lipinski definition) is 1. The van der Waals surface area contributed by atoms with Crippen LogP contribution in [0.2, 0.25) is 0 Å². The molecular formula is C17H11BrO3. The summed E-state index contributed by atoms with van der Waals surface area (Å²) in [6.07, 6.45) is -0.920. The van der Waals surface area contributed by atoms with Crippen molar-refractivity contribution in [2.24, 2.45) is 0 Å². The molecule has 104 valence electrons. The minimum atomic E-state index is -0.920. The van der Waals surface area contributed by atoms with Gasteiger partial charge < -0.3 is 13.9 Å². The molecule has 2 heterocycles. The normalized spacial score (nSPS) is 13.0. The molecular weight excluding hydrogens is 332 g/mol. The van der Waals surface area contributed by atoms with Crippen LogP contribution in [0.3, 0.4) is 0 Å². The van der Waals surface area contributed by atoms with Crippen LogP contribution in [0.5, 0.6) is 0 Å². The molecule has 4 heteroatoms. The highest BCUT2D eigenvalue weighted by atomic mass is 79.9. The summed E-state index contributed by atoms with van der Waals surface area (Å²) in [4.78, 5) is 0. The second kappa shape index (κ2) is 4.76. The monoisotopic (exact) mass is 342 g/mol. The molecule has 3 nitrogen and oxygen atoms in total. The van der Waals surface area contributed by atoms with E-state index in [0.717, 1.165) is 26.4 Å². The Labute approximate surface area is 128 Å². The van der Waals surface area contributed by atoms with Crippen LogP contribution in [0.15, 0.2) is 67.9 Å². The first kappa shape index (κ1) is 12.7. The van der Waals surface area contributed by atoms with E-state index in [2.05, 4.69) is 15.9 Å². The van der Waals surface area contributed by atoms with E-state index in [1.807, 2.05) is 54.6 Å². The van der Waals surface area contributed by atoms with Gasteiger partial charge in [0.15, 0.2) is 6.10 Å². The van der Waals surface area contributed by atoms with Crippen LogP contribution in [0.1, 0.15) is 17.6 Å². The Morgan fingerprint density at radius 2 is 1.57 bits per heavy atom. The van der Waals surface area contributed by atoms with Crippen molar-refractivity contribution in [3.63, 3.8) is 0 Å². The molecule has 0 spiro atoms. The van der Waals surface area contributed by atoms with Crippen LogP contribution in [0, 0.1) is 0 Å². The van der Waals surface area contributed by atoms with E-state index >= 15 is 0 Å². The lowest BCUT2D eigenvalue weighted by atomic mass is 10.2. The van der Waals surface area contributed by atoms with Gasteiger partial charge in [0.05, 0.1) is 4.47 Å². The van der Waals surface area contributed by atoms with Gasteiger partial charge in [0.25, 0.3) is 0 Å². The van der Waals surface area contributed by atoms with Gasteiger partial charge in [-0.2, -0.15) is 0 Å². The lowest BCUT2D eigenvalue weighted by Gasteiger charge is -2.02. The van der Waals surface area contributed by atoms with Crippen molar-refractivity contribution in [2.45, 2.75) is 6.10 Å². The van der Waals surface area contributed by atoms with Crippen molar-refractivity contribution in [3.8, 4) is 0 Å². The molecule has 0 aliphatic carbocycles. The molecule has 0 aliphatic heterocycles. The SMILES string of the molecule is OC(c1cc2ccccc2o1)c1cc2cccc(Br)c2o1. The molecule has 0 saturated heterocycles. The first-order valence-electron chi connectivity index (χ1n) is 6.57. The number of hydrogen-bond acceptors (Lipinski definition) is 3. The Morgan fingerprint density at radius 1 is 0.857 bits per heavy atom. The van der Waals surface area contributed by atoms with E-state index < -0.39 is 6.10 Å². The number of furan rings is 2. The molecule has 0 bridgehead atoms. The van der Waals surface area contributed by atoms with Crippen molar-refractivity contribution in [2.75, 3.05) is 0 Å². The number of fused-ring (bicyclic) bond motifs is 2. The third-order valence-corrected chi connectivity index (χ3v) is 4.12. The predicted octanol–water partition coefficient (Wildman–Crippen LogP) is 5.02. The molecule has 21 heavy (non-hydrogen) atoms. The molecule has 4 aromatic rings. The van der Waals surface area contributed by atoms with Gasteiger partial charge in [0.2, 0.25) is 0 Å². The highest BCUT2D eigenvalue weighted by Crippen LogP contribution is 2.33. The Kier molecular flexibility index (Phi) is 2.87. The molecule has 1 unspecified atom stereocenters. The van der Waals surface area contributed by atoms with Crippen LogP contribution >= 0.6 is 15.9 Å². The Balaban J connectivity index is 1.81. The molecule has 0 saturated carbocycles. The van der Waals surface area contributed by atoms with Crippen LogP contribution in [0.25, 0.3) is 21.9 Å². The van der Waals surface area contributed by atoms with Crippen LogP contribution in [-0.4, -0.2) is 5.11 Å². The third-order valence-electron chi connectivity index (χ3n) is 3.50. The standard InChI is InChI=1S/C17H11BrO3/c18-12-6-3-5-11-9-15(21-17(11)12)16(19)14-8-10-4-1-2-7-13(10)20-14/h1-9,16,19H. The van der Waals surface area contributed by atoms with Gasteiger partial charge in [-0.3, -0.25) is 0 Å². The molecule has 0 fully saturated rings. The average molecular weight is 343 g/mol. The second-order valence-corrected chi connectivity index (χ2v) is 5.75. The fourth-order valence-corrected chi connectivity index (χ4v) is 2.92. The average Bonchev–Trinajstić information content (AvgIpc) is 3.11. The van der Waals surface area contributed by atoms with Crippen molar-refractivity contribution >= 4 is 37.9 Å². The predicted molar refractivity (Wildman–Crippen MR) is 84.2 cm³/mol. The maximum Gasteiger partial charge on any atom is 0.169 e. The van der Waals surface area contributed by atoms with Gasteiger partial charge in [-0.1, -0.05) is 30.3 Å². The van der Waals surface area contributed by atoms with E-state index in [-0.39, 0.29) is 0 Å². The first-order valence-corrected chi connectivity index (χ1v) is 7.36. The van der Waals surface area contributed by atoms with Crippen LogP contribution in [-0.2, 0) is 0 Å². The maximum atomic E-state index is 10.5. The second-order valence-electron chi connectivity index (χ2n) is 4.90. The lowest BCUT2D eigenvalue weighted by Crippen LogP contribution is -1.95. The smallest absolute Gasteiger partial charge is 0.169 e. The van der Waals surface area contributed by atoms with Gasteiger partial charge in [0.1, 0.15) is 22.7 Å². The van der Waals surface area contributed by atoms with Crippen molar-refractivity contribution in [1.29, 1.82) is 0 Å². The first-order chi connectivity index (χ1) is 10.2. The van der Waals surface area contributed by atoms with Gasteiger partial charge in [0, 0.05) is 10.8 Å². The van der Waals surface area contributed by atoms with Crippen molar-refractivity contribution < 1.29 is 13.9 Å². The number of aliphatic hydroxyl groups excluding tert-OH is 1. The van der Waals surface area contributed by atoms with E-state index in [0.29, 0.717) is 11.5 Å². The van der Waals surface area contributed by atoms with Gasteiger partial charge >= 0.3 is 0 Å². The van der Waals surface area contributed by atoms with E-state index in [1.54, 1.807) is 0 Å². The number of halogens is 1. The fraction of sp³-hybridized carbons (Fsp3) is 0.0588. The summed E-state index contributed by atoms with van der Waals surface area (Å²) in [6, 6.07) is 17.1. The number of benzene rings is 2. The van der Waals surface area contributed by atoms with Crippen LogP contribution < -0.4 is 0 Å². The van der Waals surface area contributed by atoms with E-state index in [4.69, 9.17) is 8.83 Å². The lowest BCUT2D eigenvalue weighted by molar-refractivity contribution is 0.167. The molecule has 0 aliphatic rings. The summed E-state index contributed by atoms with van der Waals surface area (Å²) in [5.41, 5.74) is 1.48. The van der Waals surface area contributed by atoms with Crippen LogP contribution in [0.4, 0.5) is 0 Å². The zero-order valence-electron chi connectivity index (χ0n) is 10.9. The topological polar surface area (TPSA) is 46.5 Å². The Hall–Kier alpha value is -2.04. The molecule has 0 radical (unpaired) electrons. The summed E-state index contributed by atoms with van der Waals surface area (Å²) < 4.78 is 12.3. The van der Waals surface area contributed by atoms with Gasteiger partial charge in [-0.05, 0) is 40.2 Å². The zero-order chi connectivity index (χ0) is 14.4. The minimum absolute atomic E-state index is 0.468. The number of para-hydroxylation sites is 2. The summed E-state index contributed by atoms with van der Waals surface area (Å²) in [5.74, 6) is 0.947. The molecule has 2 aromatic carbocycles. The molecule has 1 atom stereocenters. The number of rotatable bonds is 2. The summed E-state index contributed by atoms with van der Waals surface area (Å²) in [5, 5.41) is 12.4. The van der Waals surface area contributed by atoms with Crippen molar-refractivity contribution in [3.05, 3.63) is 70.6 Å². The minimum Gasteiger partial charge on any atom is -0.458 e. The number of aliphatic hydroxyl groups is 1. The summed E-state index contributed by atoms with van der Waals surface area (Å²) in [7, 11) is 0. The third kappa shape index (κ3) is 2.07.